The van der Waals surface area contributed by atoms with Gasteiger partial charge in [-0.2, -0.15) is 13.2 Å². The summed E-state index contributed by atoms with van der Waals surface area (Å²) in [5.41, 5.74) is -0.780. The summed E-state index contributed by atoms with van der Waals surface area (Å²) in [5, 5.41) is 2.54. The van der Waals surface area contributed by atoms with Crippen molar-refractivity contribution in [3.05, 3.63) is 41.7 Å². The minimum Gasteiger partial charge on any atom is -0.493 e. The number of hydrogen-bond donors (Lipinski definition) is 1. The average Bonchev–Trinajstić information content (AvgIpc) is 2.60. The van der Waals surface area contributed by atoms with E-state index in [2.05, 4.69) is 10.3 Å². The highest BCUT2D eigenvalue weighted by molar-refractivity contribution is 6.04. The molecule has 2 aromatic rings. The fourth-order valence-corrected chi connectivity index (χ4v) is 2.05. The van der Waals surface area contributed by atoms with Gasteiger partial charge in [-0.1, -0.05) is 0 Å². The molecule has 0 saturated heterocycles. The zero-order valence-electron chi connectivity index (χ0n) is 13.6. The Kier molecular flexibility index (Phi) is 5.35. The number of hydrogen-bond acceptors (Lipinski definition) is 5. The Morgan fingerprint density at radius 3 is 2.04 bits per heavy atom. The maximum absolute atomic E-state index is 12.5. The second-order valence-corrected chi connectivity index (χ2v) is 4.80. The molecule has 1 N–H and O–H groups in total. The van der Waals surface area contributed by atoms with Crippen molar-refractivity contribution in [1.29, 1.82) is 0 Å². The second kappa shape index (κ2) is 7.29. The van der Waals surface area contributed by atoms with Gasteiger partial charge in [-0.05, 0) is 12.1 Å². The number of nitrogens with one attached hydrogen (secondary N) is 1. The number of halogens is 3. The molecule has 0 aliphatic heterocycles. The van der Waals surface area contributed by atoms with Crippen molar-refractivity contribution in [3.8, 4) is 17.2 Å². The van der Waals surface area contributed by atoms with E-state index in [1.165, 1.54) is 33.5 Å². The number of carbonyl (C=O) groups is 1. The van der Waals surface area contributed by atoms with Crippen molar-refractivity contribution < 1.29 is 32.2 Å². The van der Waals surface area contributed by atoms with E-state index < -0.39 is 17.8 Å². The third-order valence-electron chi connectivity index (χ3n) is 3.24. The number of anilines is 1. The third kappa shape index (κ3) is 4.11. The third-order valence-corrected chi connectivity index (χ3v) is 3.24. The van der Waals surface area contributed by atoms with E-state index >= 15 is 0 Å². The molecule has 0 radical (unpaired) electrons. The van der Waals surface area contributed by atoms with Crippen molar-refractivity contribution in [1.82, 2.24) is 4.98 Å². The van der Waals surface area contributed by atoms with Gasteiger partial charge < -0.3 is 19.5 Å². The summed E-state index contributed by atoms with van der Waals surface area (Å²) in [6, 6.07) is 4.78. The predicted molar refractivity (Wildman–Crippen MR) is 83.3 cm³/mol. The molecule has 1 amide bonds. The molecule has 134 valence electrons. The maximum Gasteiger partial charge on any atom is 0.433 e. The standard InChI is InChI=1S/C16H15F3N2O4/c1-23-11-6-10(7-12(24-2)14(11)25-3)21-15(22)9-4-5-13(20-8-9)16(17,18)19/h4-8H,1-3H3,(H,21,22). The number of nitrogens with zero attached hydrogens (tertiary/aromatic N) is 1. The zero-order chi connectivity index (χ0) is 18.6. The Hall–Kier alpha value is -2.97. The molecule has 1 aromatic heterocycles. The summed E-state index contributed by atoms with van der Waals surface area (Å²) in [6.07, 6.45) is -3.71. The fraction of sp³-hybridized carbons (Fsp3) is 0.250. The summed E-state index contributed by atoms with van der Waals surface area (Å²) >= 11 is 0. The first-order chi connectivity index (χ1) is 11.8. The lowest BCUT2D eigenvalue weighted by molar-refractivity contribution is -0.141. The molecule has 0 aliphatic rings. The summed E-state index contributed by atoms with van der Waals surface area (Å²) in [5.74, 6) is 0.361. The highest BCUT2D eigenvalue weighted by atomic mass is 19.4. The van der Waals surface area contributed by atoms with Crippen LogP contribution >= 0.6 is 0 Å². The van der Waals surface area contributed by atoms with E-state index in [1.54, 1.807) is 0 Å². The number of alkyl halides is 3. The van der Waals surface area contributed by atoms with Crippen LogP contribution in [0.5, 0.6) is 17.2 Å². The van der Waals surface area contributed by atoms with Crippen LogP contribution < -0.4 is 19.5 Å². The van der Waals surface area contributed by atoms with Crippen LogP contribution in [0.2, 0.25) is 0 Å². The predicted octanol–water partition coefficient (Wildman–Crippen LogP) is 3.38. The van der Waals surface area contributed by atoms with Crippen LogP contribution in [0, 0.1) is 0 Å². The number of rotatable bonds is 5. The Balaban J connectivity index is 2.25. The van der Waals surface area contributed by atoms with E-state index in [0.717, 1.165) is 18.3 Å². The van der Waals surface area contributed by atoms with E-state index in [1.807, 2.05) is 0 Å². The molecule has 0 fully saturated rings. The number of aromatic nitrogens is 1. The van der Waals surface area contributed by atoms with Gasteiger partial charge in [0.15, 0.2) is 11.5 Å². The highest BCUT2D eigenvalue weighted by Gasteiger charge is 2.32. The van der Waals surface area contributed by atoms with Crippen molar-refractivity contribution in [3.63, 3.8) is 0 Å². The van der Waals surface area contributed by atoms with E-state index in [4.69, 9.17) is 14.2 Å². The number of ether oxygens (including phenoxy) is 3. The van der Waals surface area contributed by atoms with Gasteiger partial charge in [0.2, 0.25) is 5.75 Å². The first-order valence-electron chi connectivity index (χ1n) is 6.94. The molecule has 25 heavy (non-hydrogen) atoms. The number of carbonyl (C=O) groups excluding carboxylic acids is 1. The van der Waals surface area contributed by atoms with Gasteiger partial charge in [-0.3, -0.25) is 9.78 Å². The van der Waals surface area contributed by atoms with Crippen LogP contribution in [0.3, 0.4) is 0 Å². The van der Waals surface area contributed by atoms with Gasteiger partial charge in [-0.25, -0.2) is 0 Å². The first-order valence-corrected chi connectivity index (χ1v) is 6.94. The minimum atomic E-state index is -4.56. The Morgan fingerprint density at radius 1 is 1.04 bits per heavy atom. The molecule has 2 rings (SSSR count). The molecule has 9 heteroatoms. The molecule has 0 spiro atoms. The van der Waals surface area contributed by atoms with Crippen LogP contribution in [-0.2, 0) is 6.18 Å². The number of methoxy groups -OCH3 is 3. The lowest BCUT2D eigenvalue weighted by atomic mass is 10.2. The summed E-state index contributed by atoms with van der Waals surface area (Å²) in [4.78, 5) is 15.4. The molecular formula is C16H15F3N2O4. The van der Waals surface area contributed by atoms with Crippen molar-refractivity contribution in [2.24, 2.45) is 0 Å². The van der Waals surface area contributed by atoms with Gasteiger partial charge in [0.1, 0.15) is 5.69 Å². The summed E-state index contributed by atoms with van der Waals surface area (Å²) in [7, 11) is 4.28. The highest BCUT2D eigenvalue weighted by Crippen LogP contribution is 2.40. The zero-order valence-corrected chi connectivity index (χ0v) is 13.6. The fourth-order valence-electron chi connectivity index (χ4n) is 2.05. The van der Waals surface area contributed by atoms with Gasteiger partial charge in [0, 0.05) is 24.0 Å². The van der Waals surface area contributed by atoms with E-state index in [9.17, 15) is 18.0 Å². The summed E-state index contributed by atoms with van der Waals surface area (Å²) in [6.45, 7) is 0. The quantitative estimate of drug-likeness (QED) is 0.889. The van der Waals surface area contributed by atoms with Crippen LogP contribution in [0.4, 0.5) is 18.9 Å². The van der Waals surface area contributed by atoms with Gasteiger partial charge >= 0.3 is 6.18 Å². The Labute approximate surface area is 141 Å². The van der Waals surface area contributed by atoms with Crippen LogP contribution in [0.15, 0.2) is 30.5 Å². The van der Waals surface area contributed by atoms with Crippen LogP contribution in [0.1, 0.15) is 16.1 Å². The topological polar surface area (TPSA) is 69.7 Å². The van der Waals surface area contributed by atoms with E-state index in [-0.39, 0.29) is 5.56 Å². The van der Waals surface area contributed by atoms with Gasteiger partial charge in [0.25, 0.3) is 5.91 Å². The van der Waals surface area contributed by atoms with E-state index in [0.29, 0.717) is 22.9 Å². The maximum atomic E-state index is 12.5. The minimum absolute atomic E-state index is 0.0262. The number of benzene rings is 1. The first kappa shape index (κ1) is 18.4. The normalized spacial score (nSPS) is 11.0. The van der Waals surface area contributed by atoms with Crippen molar-refractivity contribution >= 4 is 11.6 Å². The molecule has 0 bridgehead atoms. The molecule has 0 atom stereocenters. The second-order valence-electron chi connectivity index (χ2n) is 4.80. The van der Waals surface area contributed by atoms with Crippen LogP contribution in [0.25, 0.3) is 0 Å². The monoisotopic (exact) mass is 356 g/mol. The number of amides is 1. The smallest absolute Gasteiger partial charge is 0.433 e. The average molecular weight is 356 g/mol. The largest absolute Gasteiger partial charge is 0.493 e. The molecule has 0 saturated carbocycles. The lowest BCUT2D eigenvalue weighted by Gasteiger charge is -2.14. The van der Waals surface area contributed by atoms with Crippen molar-refractivity contribution in [2.75, 3.05) is 26.6 Å². The summed E-state index contributed by atoms with van der Waals surface area (Å²) < 4.78 is 53.0. The number of pyridine rings is 1. The van der Waals surface area contributed by atoms with Gasteiger partial charge in [-0.15, -0.1) is 0 Å². The molecule has 1 aromatic carbocycles. The molecular weight excluding hydrogens is 341 g/mol. The SMILES string of the molecule is COc1cc(NC(=O)c2ccc(C(F)(F)F)nc2)cc(OC)c1OC. The van der Waals surface area contributed by atoms with Gasteiger partial charge in [0.05, 0.1) is 26.9 Å². The molecule has 0 aliphatic carbocycles. The Morgan fingerprint density at radius 2 is 1.64 bits per heavy atom. The van der Waals surface area contributed by atoms with Crippen molar-refractivity contribution in [2.45, 2.75) is 6.18 Å². The lowest BCUT2D eigenvalue weighted by Crippen LogP contribution is -2.14. The molecule has 1 heterocycles. The van der Waals surface area contributed by atoms with Crippen LogP contribution in [-0.4, -0.2) is 32.2 Å². The Bertz CT molecular complexity index is 736. The molecule has 6 nitrogen and oxygen atoms in total. The molecule has 0 unspecified atom stereocenters.